The third kappa shape index (κ3) is 2.19. The van der Waals surface area contributed by atoms with Gasteiger partial charge in [0.2, 0.25) is 5.91 Å². The standard InChI is InChI=1S/C29H25NO5/c1-2-34-27(33)29-24(22-16-35-25(30(22)26(29)32)17-9-4-3-5-10-17)28(29)20-13-7-6-12-19(20)23-18(15-31)11-8-14-21(23)28/h3-14,22,24-25,31H,2,15-16H2,1H3/t22-,24+,25-,28+,29-/m1/s1. The second-order valence-corrected chi connectivity index (χ2v) is 9.73. The molecule has 0 bridgehead atoms. The van der Waals surface area contributed by atoms with Crippen molar-refractivity contribution in [2.75, 3.05) is 13.2 Å². The molecule has 35 heavy (non-hydrogen) atoms. The first-order valence-corrected chi connectivity index (χ1v) is 12.1. The molecule has 6 heteroatoms. The summed E-state index contributed by atoms with van der Waals surface area (Å²) >= 11 is 0. The number of fused-ring (bicyclic) bond motifs is 10. The number of nitrogens with zero attached hydrogens (tertiary/aromatic N) is 1. The Morgan fingerprint density at radius 1 is 1.06 bits per heavy atom. The van der Waals surface area contributed by atoms with Crippen LogP contribution in [0.4, 0.5) is 0 Å². The lowest BCUT2D eigenvalue weighted by Gasteiger charge is -2.32. The highest BCUT2D eigenvalue weighted by molar-refractivity contribution is 6.15. The number of esters is 1. The van der Waals surface area contributed by atoms with E-state index in [9.17, 15) is 14.7 Å². The van der Waals surface area contributed by atoms with Crippen LogP contribution in [0.25, 0.3) is 11.1 Å². The van der Waals surface area contributed by atoms with Gasteiger partial charge in [0.15, 0.2) is 11.6 Å². The van der Waals surface area contributed by atoms with E-state index in [-0.39, 0.29) is 31.1 Å². The van der Waals surface area contributed by atoms with Crippen molar-refractivity contribution >= 4 is 11.9 Å². The van der Waals surface area contributed by atoms with Gasteiger partial charge in [0.25, 0.3) is 0 Å². The lowest BCUT2D eigenvalue weighted by atomic mass is 9.81. The molecule has 0 aromatic heterocycles. The lowest BCUT2D eigenvalue weighted by Crippen LogP contribution is -2.45. The Labute approximate surface area is 203 Å². The summed E-state index contributed by atoms with van der Waals surface area (Å²) in [7, 11) is 0. The van der Waals surface area contributed by atoms with E-state index in [2.05, 4.69) is 0 Å². The fourth-order valence-electron chi connectivity index (χ4n) is 7.45. The molecule has 3 fully saturated rings. The van der Waals surface area contributed by atoms with Crippen molar-refractivity contribution in [2.24, 2.45) is 11.3 Å². The summed E-state index contributed by atoms with van der Waals surface area (Å²) in [5.41, 5.74) is 3.32. The molecule has 5 atom stereocenters. The number of benzene rings is 3. The molecule has 7 rings (SSSR count). The van der Waals surface area contributed by atoms with Gasteiger partial charge in [0.05, 0.1) is 31.3 Å². The minimum Gasteiger partial charge on any atom is -0.465 e. The third-order valence-electron chi connectivity index (χ3n) is 8.51. The van der Waals surface area contributed by atoms with Gasteiger partial charge in [-0.15, -0.1) is 0 Å². The number of hydrogen-bond donors (Lipinski definition) is 1. The Bertz CT molecular complexity index is 1390. The average molecular weight is 468 g/mol. The van der Waals surface area contributed by atoms with Crippen LogP contribution in [-0.4, -0.2) is 41.1 Å². The first kappa shape index (κ1) is 20.9. The second kappa shape index (κ2) is 7.03. The smallest absolute Gasteiger partial charge is 0.323 e. The van der Waals surface area contributed by atoms with Gasteiger partial charge in [0, 0.05) is 11.5 Å². The van der Waals surface area contributed by atoms with Gasteiger partial charge in [-0.2, -0.15) is 0 Å². The van der Waals surface area contributed by atoms with E-state index in [1.807, 2.05) is 72.8 Å². The number of ether oxygens (including phenoxy) is 2. The molecular weight excluding hydrogens is 442 g/mol. The molecule has 1 amide bonds. The van der Waals surface area contributed by atoms with Crippen LogP contribution in [0.3, 0.4) is 0 Å². The first-order chi connectivity index (χ1) is 17.1. The third-order valence-corrected chi connectivity index (χ3v) is 8.51. The second-order valence-electron chi connectivity index (χ2n) is 9.73. The van der Waals surface area contributed by atoms with Gasteiger partial charge in [0.1, 0.15) is 0 Å². The van der Waals surface area contributed by atoms with E-state index in [0.717, 1.165) is 33.4 Å². The van der Waals surface area contributed by atoms with Gasteiger partial charge in [-0.1, -0.05) is 72.8 Å². The molecular formula is C29H25NO5. The lowest BCUT2D eigenvalue weighted by molar-refractivity contribution is -0.159. The van der Waals surface area contributed by atoms with E-state index in [1.165, 1.54) is 0 Å². The quantitative estimate of drug-likeness (QED) is 0.469. The molecule has 4 aliphatic rings. The van der Waals surface area contributed by atoms with E-state index < -0.39 is 23.0 Å². The molecule has 3 aromatic carbocycles. The highest BCUT2D eigenvalue weighted by atomic mass is 16.5. The van der Waals surface area contributed by atoms with Gasteiger partial charge in [-0.25, -0.2) is 0 Å². The van der Waals surface area contributed by atoms with E-state index >= 15 is 0 Å². The summed E-state index contributed by atoms with van der Waals surface area (Å²) in [6.07, 6.45) is -0.523. The zero-order chi connectivity index (χ0) is 23.9. The predicted octanol–water partition coefficient (Wildman–Crippen LogP) is 3.56. The number of carbonyl (C=O) groups excluding carboxylic acids is 2. The molecule has 2 saturated heterocycles. The maximum absolute atomic E-state index is 14.5. The number of aliphatic hydroxyl groups excluding tert-OH is 1. The van der Waals surface area contributed by atoms with Crippen molar-refractivity contribution in [2.45, 2.75) is 31.2 Å². The average Bonchev–Trinajstić information content (AvgIpc) is 3.11. The topological polar surface area (TPSA) is 76.1 Å². The molecule has 1 spiro atoms. The Balaban J connectivity index is 1.47. The Hall–Kier alpha value is -3.48. The van der Waals surface area contributed by atoms with Crippen LogP contribution in [0.5, 0.6) is 0 Å². The summed E-state index contributed by atoms with van der Waals surface area (Å²) in [6.45, 7) is 2.21. The van der Waals surface area contributed by atoms with Crippen molar-refractivity contribution in [3.05, 3.63) is 95.1 Å². The number of aliphatic hydroxyl groups is 1. The Morgan fingerprint density at radius 3 is 2.57 bits per heavy atom. The first-order valence-electron chi connectivity index (χ1n) is 12.1. The van der Waals surface area contributed by atoms with Crippen LogP contribution in [0.15, 0.2) is 72.8 Å². The van der Waals surface area contributed by atoms with Crippen molar-refractivity contribution in [1.29, 1.82) is 0 Å². The zero-order valence-corrected chi connectivity index (χ0v) is 19.3. The monoisotopic (exact) mass is 467 g/mol. The minimum atomic E-state index is -1.35. The number of piperidine rings is 1. The van der Waals surface area contributed by atoms with Crippen molar-refractivity contribution in [3.63, 3.8) is 0 Å². The summed E-state index contributed by atoms with van der Waals surface area (Å²) in [6, 6.07) is 23.2. The maximum Gasteiger partial charge on any atom is 0.323 e. The molecule has 0 radical (unpaired) electrons. The summed E-state index contributed by atoms with van der Waals surface area (Å²) < 4.78 is 11.8. The molecule has 2 aliphatic heterocycles. The highest BCUT2D eigenvalue weighted by Crippen LogP contribution is 2.83. The van der Waals surface area contributed by atoms with Gasteiger partial charge in [-0.05, 0) is 34.7 Å². The van der Waals surface area contributed by atoms with Crippen molar-refractivity contribution in [1.82, 2.24) is 4.90 Å². The van der Waals surface area contributed by atoms with Gasteiger partial charge >= 0.3 is 5.97 Å². The zero-order valence-electron chi connectivity index (χ0n) is 19.3. The minimum absolute atomic E-state index is 0.118. The normalized spacial score (nSPS) is 31.2. The maximum atomic E-state index is 14.5. The Kier molecular flexibility index (Phi) is 4.19. The van der Waals surface area contributed by atoms with Crippen LogP contribution >= 0.6 is 0 Å². The fraction of sp³-hybridized carbons (Fsp3) is 0.310. The number of amides is 1. The summed E-state index contributed by atoms with van der Waals surface area (Å²) in [5.74, 6) is -1.01. The van der Waals surface area contributed by atoms with Crippen LogP contribution in [0.1, 0.15) is 35.4 Å². The fourth-order valence-corrected chi connectivity index (χ4v) is 7.45. The van der Waals surface area contributed by atoms with Crippen LogP contribution in [0, 0.1) is 11.3 Å². The number of rotatable bonds is 4. The van der Waals surface area contributed by atoms with Crippen LogP contribution in [0.2, 0.25) is 0 Å². The molecule has 1 saturated carbocycles. The molecule has 2 aliphatic carbocycles. The SMILES string of the molecule is CCOC(=O)[C@]12C(=O)N3[C@@H](c4ccccc4)OC[C@@H]3[C@H]1[C@@]21c2ccccc2-c2c(CO)cccc21. The van der Waals surface area contributed by atoms with E-state index in [1.54, 1.807) is 11.8 Å². The highest BCUT2D eigenvalue weighted by Gasteiger charge is 2.94. The molecule has 0 unspecified atom stereocenters. The van der Waals surface area contributed by atoms with Gasteiger partial charge in [-0.3, -0.25) is 9.59 Å². The predicted molar refractivity (Wildman–Crippen MR) is 127 cm³/mol. The van der Waals surface area contributed by atoms with E-state index in [4.69, 9.17) is 9.47 Å². The molecule has 1 N–H and O–H groups in total. The summed E-state index contributed by atoms with van der Waals surface area (Å²) in [4.78, 5) is 30.1. The van der Waals surface area contributed by atoms with Crippen molar-refractivity contribution < 1.29 is 24.2 Å². The number of hydrogen-bond acceptors (Lipinski definition) is 5. The molecule has 176 valence electrons. The van der Waals surface area contributed by atoms with Crippen LogP contribution in [-0.2, 0) is 31.1 Å². The largest absolute Gasteiger partial charge is 0.465 e. The molecule has 2 heterocycles. The van der Waals surface area contributed by atoms with Crippen LogP contribution < -0.4 is 0 Å². The number of carbonyl (C=O) groups is 2. The van der Waals surface area contributed by atoms with Gasteiger partial charge < -0.3 is 19.5 Å². The van der Waals surface area contributed by atoms with Crippen molar-refractivity contribution in [3.8, 4) is 11.1 Å². The van der Waals surface area contributed by atoms with E-state index in [0.29, 0.717) is 6.61 Å². The molecule has 3 aromatic rings. The summed E-state index contributed by atoms with van der Waals surface area (Å²) in [5, 5.41) is 10.2. The molecule has 6 nitrogen and oxygen atoms in total. The Morgan fingerprint density at radius 2 is 1.80 bits per heavy atom.